The first-order chi connectivity index (χ1) is 15.2. The van der Waals surface area contributed by atoms with Crippen molar-refractivity contribution in [2.75, 3.05) is 13.1 Å². The first-order valence-corrected chi connectivity index (χ1v) is 11.6. The Bertz CT molecular complexity index is 1050. The molecule has 4 rings (SSSR count). The van der Waals surface area contributed by atoms with E-state index in [0.29, 0.717) is 31.1 Å². The van der Waals surface area contributed by atoms with Gasteiger partial charge in [0.05, 0.1) is 5.69 Å². The summed E-state index contributed by atoms with van der Waals surface area (Å²) in [6.45, 7) is 9.29. The van der Waals surface area contributed by atoms with E-state index in [2.05, 4.69) is 17.2 Å². The average Bonchev–Trinajstić information content (AvgIpc) is 3.20. The molecule has 1 aromatic carbocycles. The maximum atomic E-state index is 13.3. The van der Waals surface area contributed by atoms with Gasteiger partial charge in [-0.25, -0.2) is 0 Å². The van der Waals surface area contributed by atoms with Gasteiger partial charge in [-0.1, -0.05) is 17.7 Å². The molecule has 0 bridgehead atoms. The van der Waals surface area contributed by atoms with E-state index in [1.54, 1.807) is 11.7 Å². The number of rotatable bonds is 4. The van der Waals surface area contributed by atoms with Crippen molar-refractivity contribution < 1.29 is 14.4 Å². The second-order valence-electron chi connectivity index (χ2n) is 9.78. The summed E-state index contributed by atoms with van der Waals surface area (Å²) in [6, 6.07) is 5.95. The minimum atomic E-state index is -0.602. The molecular weight excluding hydrogens is 402 g/mol. The normalized spacial score (nSPS) is 22.1. The van der Waals surface area contributed by atoms with Crippen molar-refractivity contribution in [1.29, 1.82) is 0 Å². The predicted molar refractivity (Wildman–Crippen MR) is 123 cm³/mol. The maximum absolute atomic E-state index is 13.3. The van der Waals surface area contributed by atoms with E-state index in [0.717, 1.165) is 47.2 Å². The summed E-state index contributed by atoms with van der Waals surface area (Å²) < 4.78 is 1.64. The van der Waals surface area contributed by atoms with Crippen molar-refractivity contribution in [3.8, 4) is 0 Å². The summed E-state index contributed by atoms with van der Waals surface area (Å²) in [5.41, 5.74) is 5.59. The number of hydrogen-bond acceptors (Lipinski definition) is 4. The van der Waals surface area contributed by atoms with Crippen molar-refractivity contribution in [3.63, 3.8) is 0 Å². The molecule has 1 saturated carbocycles. The van der Waals surface area contributed by atoms with Crippen molar-refractivity contribution in [1.82, 2.24) is 14.7 Å². The van der Waals surface area contributed by atoms with Crippen LogP contribution in [0.2, 0.25) is 0 Å². The highest BCUT2D eigenvalue weighted by Gasteiger charge is 2.44. The number of Topliss-reactive ketones (excluding diaryl/α,β-unsaturated/α-hetero) is 2. The van der Waals surface area contributed by atoms with E-state index in [1.807, 2.05) is 38.7 Å². The number of piperidine rings is 1. The van der Waals surface area contributed by atoms with Crippen LogP contribution in [0.3, 0.4) is 0 Å². The summed E-state index contributed by atoms with van der Waals surface area (Å²) >= 11 is 0. The van der Waals surface area contributed by atoms with Crippen LogP contribution in [0.25, 0.3) is 0 Å². The summed E-state index contributed by atoms with van der Waals surface area (Å²) in [5, 5.41) is 4.27. The second-order valence-corrected chi connectivity index (χ2v) is 9.78. The number of carbonyl (C=O) groups is 3. The molecule has 2 aliphatic rings. The van der Waals surface area contributed by atoms with E-state index < -0.39 is 5.92 Å². The lowest BCUT2D eigenvalue weighted by Gasteiger charge is -2.32. The number of amides is 1. The topological polar surface area (TPSA) is 72.3 Å². The van der Waals surface area contributed by atoms with Crippen LogP contribution in [0.1, 0.15) is 70.0 Å². The molecular formula is C26H33N3O3. The largest absolute Gasteiger partial charge is 0.337 e. The van der Waals surface area contributed by atoms with E-state index in [4.69, 9.17) is 0 Å². The number of aromatic nitrogens is 2. The average molecular weight is 436 g/mol. The Hall–Kier alpha value is -2.76. The van der Waals surface area contributed by atoms with Crippen molar-refractivity contribution in [2.45, 2.75) is 59.3 Å². The Morgan fingerprint density at radius 1 is 1.03 bits per heavy atom. The third-order valence-electron chi connectivity index (χ3n) is 7.22. The smallest absolute Gasteiger partial charge is 0.272 e. The van der Waals surface area contributed by atoms with Crippen LogP contribution in [0.4, 0.5) is 0 Å². The van der Waals surface area contributed by atoms with Gasteiger partial charge in [0, 0.05) is 32.5 Å². The molecule has 0 radical (unpaired) electrons. The minimum absolute atomic E-state index is 0.0176. The fourth-order valence-corrected chi connectivity index (χ4v) is 5.75. The molecule has 1 aliphatic carbocycles. The van der Waals surface area contributed by atoms with Gasteiger partial charge in [0.15, 0.2) is 5.78 Å². The zero-order valence-electron chi connectivity index (χ0n) is 19.8. The van der Waals surface area contributed by atoms with Crippen LogP contribution < -0.4 is 0 Å². The number of nitrogens with zero attached hydrogens (tertiary/aromatic N) is 3. The van der Waals surface area contributed by atoms with Gasteiger partial charge in [-0.3, -0.25) is 19.1 Å². The number of likely N-dealkylation sites (tertiary alicyclic amines) is 1. The van der Waals surface area contributed by atoms with E-state index in [1.165, 1.54) is 0 Å². The van der Waals surface area contributed by atoms with Gasteiger partial charge in [-0.05, 0) is 75.6 Å². The van der Waals surface area contributed by atoms with Crippen LogP contribution in [0.15, 0.2) is 18.2 Å². The molecule has 0 spiro atoms. The van der Waals surface area contributed by atoms with Gasteiger partial charge in [0.2, 0.25) is 0 Å². The molecule has 2 aromatic rings. The van der Waals surface area contributed by atoms with Crippen LogP contribution in [-0.2, 0) is 16.6 Å². The summed E-state index contributed by atoms with van der Waals surface area (Å²) in [4.78, 5) is 40.9. The molecule has 32 heavy (non-hydrogen) atoms. The van der Waals surface area contributed by atoms with E-state index in [-0.39, 0.29) is 23.4 Å². The molecule has 1 amide bonds. The Labute approximate surface area is 190 Å². The molecule has 2 atom stereocenters. The van der Waals surface area contributed by atoms with Crippen molar-refractivity contribution >= 4 is 17.5 Å². The Morgan fingerprint density at radius 3 is 2.22 bits per heavy atom. The monoisotopic (exact) mass is 435 g/mol. The Kier molecular flexibility index (Phi) is 6.06. The van der Waals surface area contributed by atoms with Gasteiger partial charge < -0.3 is 4.90 Å². The number of hydrogen-bond donors (Lipinski definition) is 0. The van der Waals surface area contributed by atoms with Gasteiger partial charge in [0.1, 0.15) is 17.4 Å². The van der Waals surface area contributed by atoms with Crippen LogP contribution in [0.5, 0.6) is 0 Å². The zero-order valence-corrected chi connectivity index (χ0v) is 19.8. The van der Waals surface area contributed by atoms with E-state index in [9.17, 15) is 14.4 Å². The molecule has 170 valence electrons. The minimum Gasteiger partial charge on any atom is -0.337 e. The molecule has 6 heteroatoms. The van der Waals surface area contributed by atoms with Crippen LogP contribution in [-0.4, -0.2) is 45.2 Å². The van der Waals surface area contributed by atoms with Gasteiger partial charge >= 0.3 is 0 Å². The predicted octanol–water partition coefficient (Wildman–Crippen LogP) is 3.84. The van der Waals surface area contributed by atoms with Gasteiger partial charge in [0.25, 0.3) is 5.91 Å². The lowest BCUT2D eigenvalue weighted by atomic mass is 9.83. The maximum Gasteiger partial charge on any atom is 0.272 e. The summed E-state index contributed by atoms with van der Waals surface area (Å²) in [5.74, 6) is -0.254. The third kappa shape index (κ3) is 4.15. The molecule has 1 aliphatic heterocycles. The molecule has 2 fully saturated rings. The molecule has 6 nitrogen and oxygen atoms in total. The van der Waals surface area contributed by atoms with Crippen LogP contribution >= 0.6 is 0 Å². The SMILES string of the molecule is Cc1cc(C)c(C2C(=O)CC(CC3CCN(C(=O)c4cc(C)nn4C)CC3)C2=O)c(C)c1. The Balaban J connectivity index is 1.39. The fourth-order valence-electron chi connectivity index (χ4n) is 5.75. The van der Waals surface area contributed by atoms with Crippen molar-refractivity contribution in [2.24, 2.45) is 18.9 Å². The standard InChI is InChI=1S/C26H33N3O3/c1-15-10-16(2)23(17(3)11-15)24-22(30)14-20(25(24)31)13-19-6-8-29(9-7-19)26(32)21-12-18(4)27-28(21)5/h10-12,19-20,24H,6-9,13-14H2,1-5H3. The quantitative estimate of drug-likeness (QED) is 0.684. The molecule has 0 N–H and O–H groups in total. The highest BCUT2D eigenvalue weighted by Crippen LogP contribution is 2.40. The fraction of sp³-hybridized carbons (Fsp3) is 0.538. The summed E-state index contributed by atoms with van der Waals surface area (Å²) in [7, 11) is 1.80. The highest BCUT2D eigenvalue weighted by atomic mass is 16.2. The lowest BCUT2D eigenvalue weighted by Crippen LogP contribution is -2.39. The molecule has 2 heterocycles. The lowest BCUT2D eigenvalue weighted by molar-refractivity contribution is -0.125. The Morgan fingerprint density at radius 2 is 1.66 bits per heavy atom. The number of benzene rings is 1. The van der Waals surface area contributed by atoms with Gasteiger partial charge in [-0.15, -0.1) is 0 Å². The number of ketones is 2. The molecule has 1 aromatic heterocycles. The van der Waals surface area contributed by atoms with Crippen LogP contribution in [0, 0.1) is 39.5 Å². The van der Waals surface area contributed by atoms with E-state index >= 15 is 0 Å². The first kappa shape index (κ1) is 22.4. The molecule has 2 unspecified atom stereocenters. The number of aryl methyl sites for hydroxylation is 5. The first-order valence-electron chi connectivity index (χ1n) is 11.6. The second kappa shape index (κ2) is 8.64. The van der Waals surface area contributed by atoms with Crippen molar-refractivity contribution in [3.05, 3.63) is 51.8 Å². The third-order valence-corrected chi connectivity index (χ3v) is 7.22. The molecule has 1 saturated heterocycles. The highest BCUT2D eigenvalue weighted by molar-refractivity contribution is 6.15. The number of carbonyl (C=O) groups excluding carboxylic acids is 3. The summed E-state index contributed by atoms with van der Waals surface area (Å²) in [6.07, 6.45) is 2.84. The zero-order chi connectivity index (χ0) is 23.2. The van der Waals surface area contributed by atoms with Gasteiger partial charge in [-0.2, -0.15) is 5.10 Å².